The van der Waals surface area contributed by atoms with E-state index in [2.05, 4.69) is 176 Å². The number of furan rings is 1. The number of para-hydroxylation sites is 1. The lowest BCUT2D eigenvalue weighted by Gasteiger charge is -2.18. The molecule has 0 saturated carbocycles. The number of benzene rings is 8. The third-order valence-corrected chi connectivity index (χ3v) is 13.2. The Morgan fingerprint density at radius 3 is 1.58 bits per heavy atom. The molecule has 0 unspecified atom stereocenters. The van der Waals surface area contributed by atoms with Crippen molar-refractivity contribution in [1.82, 2.24) is 15.0 Å². The summed E-state index contributed by atoms with van der Waals surface area (Å²) in [6.07, 6.45) is 6.08. The number of fused-ring (bicyclic) bond motifs is 6. The van der Waals surface area contributed by atoms with Gasteiger partial charge in [0.05, 0.1) is 0 Å². The molecule has 0 aliphatic heterocycles. The van der Waals surface area contributed by atoms with Crippen molar-refractivity contribution in [3.05, 3.63) is 212 Å². The Hall–Kier alpha value is -7.73. The molecule has 12 rings (SSSR count). The topological polar surface area (TPSA) is 51.8 Å². The van der Waals surface area contributed by atoms with Crippen molar-refractivity contribution < 1.29 is 4.42 Å². The summed E-state index contributed by atoms with van der Waals surface area (Å²) < 4.78 is 9.18. The summed E-state index contributed by atoms with van der Waals surface area (Å²) in [4.78, 5) is 15.4. The molecule has 0 fully saturated rings. The van der Waals surface area contributed by atoms with Crippen LogP contribution in [0.15, 0.2) is 205 Å². The van der Waals surface area contributed by atoms with E-state index in [1.165, 1.54) is 53.6 Å². The van der Waals surface area contributed by atoms with Gasteiger partial charge in [-0.15, -0.1) is 11.3 Å². The summed E-state index contributed by atoms with van der Waals surface area (Å²) in [5.74, 6) is 2.05. The van der Waals surface area contributed by atoms with Crippen LogP contribution in [0.2, 0.25) is 0 Å². The Morgan fingerprint density at radius 2 is 0.887 bits per heavy atom. The van der Waals surface area contributed by atoms with Crippen LogP contribution in [0, 0.1) is 0 Å². The number of aromatic nitrogens is 3. The molecule has 1 aliphatic rings. The molecule has 8 aromatic carbocycles. The van der Waals surface area contributed by atoms with Crippen LogP contribution < -0.4 is 0 Å². The summed E-state index contributed by atoms with van der Waals surface area (Å²) in [7, 11) is 0. The number of rotatable bonds is 7. The molecule has 5 heteroatoms. The molecule has 0 saturated heterocycles. The van der Waals surface area contributed by atoms with Gasteiger partial charge in [0.25, 0.3) is 0 Å². The second kappa shape index (κ2) is 15.1. The fourth-order valence-corrected chi connectivity index (χ4v) is 10.0. The second-order valence-electron chi connectivity index (χ2n) is 15.9. The van der Waals surface area contributed by atoms with E-state index in [9.17, 15) is 0 Å². The fourth-order valence-electron chi connectivity index (χ4n) is 8.94. The van der Waals surface area contributed by atoms with Crippen LogP contribution in [0.4, 0.5) is 0 Å². The van der Waals surface area contributed by atoms with Crippen LogP contribution in [0.25, 0.3) is 109 Å². The first-order valence-corrected chi connectivity index (χ1v) is 21.9. The number of allylic oxidation sites excluding steroid dienone is 4. The maximum Gasteiger partial charge on any atom is 0.164 e. The van der Waals surface area contributed by atoms with Gasteiger partial charge in [-0.1, -0.05) is 140 Å². The first kappa shape index (κ1) is 36.1. The first-order chi connectivity index (χ1) is 30.7. The molecular formula is C57H37N3OS. The number of nitrogens with zero attached hydrogens (tertiary/aromatic N) is 3. The third kappa shape index (κ3) is 6.51. The Morgan fingerprint density at radius 1 is 0.355 bits per heavy atom. The lowest BCUT2D eigenvalue weighted by atomic mass is 9.87. The quantitative estimate of drug-likeness (QED) is 0.161. The summed E-state index contributed by atoms with van der Waals surface area (Å²) in [5.41, 5.74) is 14.2. The predicted octanol–water partition coefficient (Wildman–Crippen LogP) is 15.7. The van der Waals surface area contributed by atoms with Gasteiger partial charge in [0.2, 0.25) is 0 Å². The number of hydrogen-bond donors (Lipinski definition) is 0. The highest BCUT2D eigenvalue weighted by Gasteiger charge is 2.21. The van der Waals surface area contributed by atoms with Crippen molar-refractivity contribution in [3.8, 4) is 56.2 Å². The van der Waals surface area contributed by atoms with E-state index in [-0.39, 0.29) is 0 Å². The van der Waals surface area contributed by atoms with Gasteiger partial charge in [-0.25, -0.2) is 15.0 Å². The second-order valence-corrected chi connectivity index (χ2v) is 17.0. The number of hydrogen-bond acceptors (Lipinski definition) is 5. The molecular weight excluding hydrogens is 775 g/mol. The zero-order valence-corrected chi connectivity index (χ0v) is 34.4. The van der Waals surface area contributed by atoms with Crippen LogP contribution in [0.5, 0.6) is 0 Å². The zero-order valence-electron chi connectivity index (χ0n) is 33.6. The highest BCUT2D eigenvalue weighted by molar-refractivity contribution is 7.25. The molecule has 3 heterocycles. The van der Waals surface area contributed by atoms with Gasteiger partial charge in [-0.2, -0.15) is 0 Å². The van der Waals surface area contributed by atoms with E-state index < -0.39 is 0 Å². The van der Waals surface area contributed by atoms with Crippen molar-refractivity contribution in [2.24, 2.45) is 0 Å². The van der Waals surface area contributed by atoms with E-state index >= 15 is 0 Å². The maximum absolute atomic E-state index is 6.65. The van der Waals surface area contributed by atoms with Crippen LogP contribution in [-0.2, 0) is 0 Å². The molecule has 11 aromatic rings. The molecule has 0 atom stereocenters. The molecule has 62 heavy (non-hydrogen) atoms. The Labute approximate surface area is 362 Å². The van der Waals surface area contributed by atoms with Crippen molar-refractivity contribution in [1.29, 1.82) is 0 Å². The van der Waals surface area contributed by atoms with E-state index in [1.54, 1.807) is 0 Å². The molecule has 0 amide bonds. The SMILES string of the molecule is C1=C(c2nc(-c3ccccc3)nc(-c3ccc4sc5ccccc5c4c3)n2)CCC(c2cc(-c3cc(-c4ccccc4)cc(-c4ccccc4)c3)cc3oc4ccccc4c23)=C1. The van der Waals surface area contributed by atoms with Crippen molar-refractivity contribution in [2.75, 3.05) is 0 Å². The van der Waals surface area contributed by atoms with Gasteiger partial charge in [-0.3, -0.25) is 0 Å². The maximum atomic E-state index is 6.65. The van der Waals surface area contributed by atoms with E-state index in [1.807, 2.05) is 35.6 Å². The average Bonchev–Trinajstić information content (AvgIpc) is 3.92. The summed E-state index contributed by atoms with van der Waals surface area (Å²) in [5, 5.41) is 4.73. The van der Waals surface area contributed by atoms with E-state index in [4.69, 9.17) is 19.4 Å². The van der Waals surface area contributed by atoms with Crippen LogP contribution in [-0.4, -0.2) is 15.0 Å². The van der Waals surface area contributed by atoms with Crippen molar-refractivity contribution in [2.45, 2.75) is 12.8 Å². The molecule has 0 bridgehead atoms. The summed E-state index contributed by atoms with van der Waals surface area (Å²) in [6, 6.07) is 66.6. The highest BCUT2D eigenvalue weighted by atomic mass is 32.1. The van der Waals surface area contributed by atoms with E-state index in [0.29, 0.717) is 17.5 Å². The lowest BCUT2D eigenvalue weighted by molar-refractivity contribution is 0.669. The molecule has 0 radical (unpaired) electrons. The minimum absolute atomic E-state index is 0.670. The Kier molecular flexibility index (Phi) is 8.79. The van der Waals surface area contributed by atoms with Crippen LogP contribution in [0.3, 0.4) is 0 Å². The highest BCUT2D eigenvalue weighted by Crippen LogP contribution is 2.43. The van der Waals surface area contributed by atoms with Gasteiger partial charge in [-0.05, 0) is 124 Å². The summed E-state index contributed by atoms with van der Waals surface area (Å²) in [6.45, 7) is 0. The minimum atomic E-state index is 0.670. The molecule has 1 aliphatic carbocycles. The van der Waals surface area contributed by atoms with Gasteiger partial charge in [0, 0.05) is 42.1 Å². The predicted molar refractivity (Wildman–Crippen MR) is 259 cm³/mol. The van der Waals surface area contributed by atoms with Gasteiger partial charge in [0.1, 0.15) is 11.2 Å². The van der Waals surface area contributed by atoms with Crippen molar-refractivity contribution in [3.63, 3.8) is 0 Å². The monoisotopic (exact) mass is 811 g/mol. The Balaban J connectivity index is 0.997. The third-order valence-electron chi connectivity index (χ3n) is 12.0. The van der Waals surface area contributed by atoms with Gasteiger partial charge in [0.15, 0.2) is 17.5 Å². The zero-order chi connectivity index (χ0) is 41.0. The standard InChI is InChI=1S/C57H37N3OS/c1-4-14-36(15-5-1)42-30-43(37-16-6-2-7-17-37)32-44(31-42)45-34-48(54-47-21-10-12-22-50(47)61-51(54)35-45)38-24-26-40(27-25-38)56-58-55(39-18-8-3-9-19-39)59-57(60-56)41-28-29-53-49(33-41)46-20-11-13-23-52(46)62-53/h1-24,26,28-35H,25,27H2. The largest absolute Gasteiger partial charge is 0.456 e. The van der Waals surface area contributed by atoms with Crippen LogP contribution >= 0.6 is 11.3 Å². The fraction of sp³-hybridized carbons (Fsp3) is 0.0351. The molecule has 0 N–H and O–H groups in total. The molecule has 4 nitrogen and oxygen atoms in total. The first-order valence-electron chi connectivity index (χ1n) is 21.0. The minimum Gasteiger partial charge on any atom is -0.456 e. The molecule has 3 aromatic heterocycles. The van der Waals surface area contributed by atoms with E-state index in [0.717, 1.165) is 62.6 Å². The van der Waals surface area contributed by atoms with Gasteiger partial charge >= 0.3 is 0 Å². The summed E-state index contributed by atoms with van der Waals surface area (Å²) >= 11 is 1.82. The smallest absolute Gasteiger partial charge is 0.164 e. The van der Waals surface area contributed by atoms with Gasteiger partial charge < -0.3 is 4.42 Å². The van der Waals surface area contributed by atoms with Crippen molar-refractivity contribution >= 4 is 64.6 Å². The average molecular weight is 812 g/mol. The van der Waals surface area contributed by atoms with Crippen LogP contribution in [0.1, 0.15) is 24.2 Å². The lowest BCUT2D eigenvalue weighted by Crippen LogP contribution is -2.04. The number of thiophene rings is 1. The molecule has 292 valence electrons. The molecule has 0 spiro atoms. The normalized spacial score (nSPS) is 12.9. The Bertz CT molecular complexity index is 3510.